The van der Waals surface area contributed by atoms with Crippen molar-refractivity contribution >= 4 is 5.91 Å². The van der Waals surface area contributed by atoms with Gasteiger partial charge in [0.25, 0.3) is 5.91 Å². The van der Waals surface area contributed by atoms with E-state index in [0.29, 0.717) is 37.8 Å². The molecular weight excluding hydrogens is 393 g/mol. The van der Waals surface area contributed by atoms with Crippen LogP contribution in [0, 0.1) is 5.82 Å². The zero-order chi connectivity index (χ0) is 20.9. The molecule has 7 nitrogen and oxygen atoms in total. The number of nitrogens with zero attached hydrogens (tertiary/aromatic N) is 1. The topological polar surface area (TPSA) is 66.5 Å². The smallest absolute Gasteiger partial charge is 0.260 e. The lowest BCUT2D eigenvalue weighted by Gasteiger charge is -2.20. The van der Waals surface area contributed by atoms with Crippen molar-refractivity contribution in [1.29, 1.82) is 0 Å². The number of halogens is 1. The van der Waals surface area contributed by atoms with Crippen LogP contribution in [0.15, 0.2) is 48.5 Å². The molecule has 0 N–H and O–H groups in total. The van der Waals surface area contributed by atoms with Crippen molar-refractivity contribution in [3.05, 3.63) is 54.3 Å². The van der Waals surface area contributed by atoms with Crippen molar-refractivity contribution in [2.45, 2.75) is 18.3 Å². The zero-order valence-electron chi connectivity index (χ0n) is 16.7. The lowest BCUT2D eigenvalue weighted by Crippen LogP contribution is -2.35. The maximum atomic E-state index is 13.2. The summed E-state index contributed by atoms with van der Waals surface area (Å²) in [5.74, 6) is 1.13. The number of fused-ring (bicyclic) bond motifs is 1. The van der Waals surface area contributed by atoms with Gasteiger partial charge in [-0.25, -0.2) is 4.39 Å². The molecule has 160 valence electrons. The van der Waals surface area contributed by atoms with Crippen LogP contribution in [0.25, 0.3) is 0 Å². The average molecular weight is 417 g/mol. The van der Waals surface area contributed by atoms with Gasteiger partial charge in [-0.05, 0) is 24.3 Å². The van der Waals surface area contributed by atoms with E-state index >= 15 is 0 Å². The Bertz CT molecular complexity index is 862. The van der Waals surface area contributed by atoms with Gasteiger partial charge in [0.05, 0.1) is 20.3 Å². The van der Waals surface area contributed by atoms with Gasteiger partial charge in [0.15, 0.2) is 6.61 Å². The van der Waals surface area contributed by atoms with E-state index in [4.69, 9.17) is 23.7 Å². The first kappa shape index (κ1) is 20.4. The number of amides is 1. The fourth-order valence-corrected chi connectivity index (χ4v) is 3.51. The molecule has 8 heteroatoms. The molecule has 30 heavy (non-hydrogen) atoms. The van der Waals surface area contributed by atoms with Gasteiger partial charge >= 0.3 is 0 Å². The molecule has 0 radical (unpaired) electrons. The van der Waals surface area contributed by atoms with Crippen LogP contribution in [-0.4, -0.2) is 69.1 Å². The predicted molar refractivity (Wildman–Crippen MR) is 105 cm³/mol. The summed E-state index contributed by atoms with van der Waals surface area (Å²) in [6.07, 6.45) is -0.688. The molecular formula is C22H24FNO6. The van der Waals surface area contributed by atoms with E-state index in [1.807, 2.05) is 24.3 Å². The van der Waals surface area contributed by atoms with E-state index in [0.717, 1.165) is 5.75 Å². The highest BCUT2D eigenvalue weighted by Gasteiger charge is 2.39. The summed E-state index contributed by atoms with van der Waals surface area (Å²) in [4.78, 5) is 14.1. The van der Waals surface area contributed by atoms with Crippen LogP contribution in [0.1, 0.15) is 0 Å². The first-order valence-corrected chi connectivity index (χ1v) is 9.81. The van der Waals surface area contributed by atoms with Gasteiger partial charge < -0.3 is 28.6 Å². The molecule has 0 spiro atoms. The van der Waals surface area contributed by atoms with Gasteiger partial charge in [0.1, 0.15) is 41.4 Å². The number of rotatable bonds is 6. The highest BCUT2D eigenvalue weighted by molar-refractivity contribution is 5.78. The molecule has 0 saturated carbocycles. The van der Waals surface area contributed by atoms with Crippen LogP contribution in [-0.2, 0) is 14.3 Å². The predicted octanol–water partition coefficient (Wildman–Crippen LogP) is 2.29. The van der Waals surface area contributed by atoms with E-state index in [1.54, 1.807) is 18.1 Å². The van der Waals surface area contributed by atoms with Gasteiger partial charge in [-0.15, -0.1) is 0 Å². The van der Waals surface area contributed by atoms with Gasteiger partial charge in [-0.1, -0.05) is 12.1 Å². The van der Waals surface area contributed by atoms with Crippen molar-refractivity contribution in [3.63, 3.8) is 0 Å². The summed E-state index contributed by atoms with van der Waals surface area (Å²) in [6.45, 7) is 1.40. The maximum Gasteiger partial charge on any atom is 0.260 e. The molecule has 2 saturated heterocycles. The summed E-state index contributed by atoms with van der Waals surface area (Å²) in [5.41, 5.74) is 0. The third kappa shape index (κ3) is 5.01. The minimum atomic E-state index is -0.407. The Labute approximate surface area is 174 Å². The summed E-state index contributed by atoms with van der Waals surface area (Å²) >= 11 is 0. The molecule has 2 heterocycles. The van der Waals surface area contributed by atoms with Gasteiger partial charge in [0, 0.05) is 25.2 Å². The molecule has 4 rings (SSSR count). The Morgan fingerprint density at radius 1 is 1.03 bits per heavy atom. The Balaban J connectivity index is 1.26. The number of likely N-dealkylation sites (tertiary alicyclic amines) is 1. The number of benzene rings is 2. The molecule has 1 amide bonds. The molecule has 2 aliphatic heterocycles. The Hall–Kier alpha value is -2.84. The highest BCUT2D eigenvalue weighted by Crippen LogP contribution is 2.24. The Morgan fingerprint density at radius 2 is 1.70 bits per heavy atom. The third-order valence-corrected chi connectivity index (χ3v) is 5.06. The second-order valence-corrected chi connectivity index (χ2v) is 7.21. The molecule has 0 bridgehead atoms. The Kier molecular flexibility index (Phi) is 6.35. The molecule has 2 fully saturated rings. The normalized spacial score (nSPS) is 21.6. The number of carbonyl (C=O) groups excluding carboxylic acids is 1. The summed E-state index contributed by atoms with van der Waals surface area (Å²) in [5, 5.41) is 0. The molecule has 2 aromatic rings. The van der Waals surface area contributed by atoms with E-state index in [9.17, 15) is 9.18 Å². The van der Waals surface area contributed by atoms with Gasteiger partial charge in [-0.3, -0.25) is 4.79 Å². The van der Waals surface area contributed by atoms with Crippen LogP contribution in [0.2, 0.25) is 0 Å². The van der Waals surface area contributed by atoms with Gasteiger partial charge in [-0.2, -0.15) is 0 Å². The van der Waals surface area contributed by atoms with Crippen LogP contribution in [0.5, 0.6) is 17.2 Å². The van der Waals surface area contributed by atoms with Crippen molar-refractivity contribution in [3.8, 4) is 17.2 Å². The van der Waals surface area contributed by atoms with E-state index < -0.39 is 5.82 Å². The largest absolute Gasteiger partial charge is 0.497 e. The van der Waals surface area contributed by atoms with Crippen molar-refractivity contribution in [2.75, 3.05) is 40.0 Å². The minimum absolute atomic E-state index is 0.162. The maximum absolute atomic E-state index is 13.2. The quantitative estimate of drug-likeness (QED) is 0.719. The summed E-state index contributed by atoms with van der Waals surface area (Å²) in [6, 6.07) is 13.1. The number of methoxy groups -OCH3 is 1. The number of carbonyl (C=O) groups is 1. The number of hydrogen-bond acceptors (Lipinski definition) is 6. The lowest BCUT2D eigenvalue weighted by atomic mass is 10.3. The van der Waals surface area contributed by atoms with Crippen LogP contribution in [0.3, 0.4) is 0 Å². The van der Waals surface area contributed by atoms with Crippen LogP contribution < -0.4 is 14.2 Å². The van der Waals surface area contributed by atoms with Crippen LogP contribution in [0.4, 0.5) is 4.39 Å². The Morgan fingerprint density at radius 3 is 2.40 bits per heavy atom. The summed E-state index contributed by atoms with van der Waals surface area (Å²) < 4.78 is 41.7. The molecule has 2 aliphatic rings. The zero-order valence-corrected chi connectivity index (χ0v) is 16.7. The molecule has 0 aromatic heterocycles. The minimum Gasteiger partial charge on any atom is -0.497 e. The highest BCUT2D eigenvalue weighted by atomic mass is 19.1. The standard InChI is InChI=1S/C22H24FNO6/c1-26-16-5-3-7-18(9-16)30-19-12-28-20-10-24(11-21(20)29-13-19)22(25)14-27-17-6-2-4-15(23)8-17/h2-9,19-21H,10-14H2,1H3/t20-,21-/m0/s1. The van der Waals surface area contributed by atoms with Crippen molar-refractivity contribution in [2.24, 2.45) is 0 Å². The first-order valence-electron chi connectivity index (χ1n) is 9.81. The number of hydrogen-bond donors (Lipinski definition) is 0. The van der Waals surface area contributed by atoms with Crippen molar-refractivity contribution in [1.82, 2.24) is 4.90 Å². The van der Waals surface area contributed by atoms with E-state index in [-0.39, 0.29) is 30.8 Å². The van der Waals surface area contributed by atoms with E-state index in [1.165, 1.54) is 18.2 Å². The average Bonchev–Trinajstić information content (AvgIpc) is 3.08. The number of ether oxygens (including phenoxy) is 5. The first-order chi connectivity index (χ1) is 14.6. The second kappa shape index (κ2) is 9.32. The molecule has 2 atom stereocenters. The van der Waals surface area contributed by atoms with E-state index in [2.05, 4.69) is 0 Å². The summed E-state index contributed by atoms with van der Waals surface area (Å²) in [7, 11) is 1.61. The molecule has 0 unspecified atom stereocenters. The molecule has 0 aliphatic carbocycles. The molecule has 2 aromatic carbocycles. The SMILES string of the molecule is COc1cccc(OC2CO[C@H]3CN(C(=O)COc4cccc(F)c4)C[C@@H]3OC2)c1. The monoisotopic (exact) mass is 417 g/mol. The fraction of sp³-hybridized carbons (Fsp3) is 0.409. The third-order valence-electron chi connectivity index (χ3n) is 5.06. The second-order valence-electron chi connectivity index (χ2n) is 7.21. The van der Waals surface area contributed by atoms with Crippen LogP contribution >= 0.6 is 0 Å². The fourth-order valence-electron chi connectivity index (χ4n) is 3.51. The van der Waals surface area contributed by atoms with Crippen molar-refractivity contribution < 1.29 is 32.9 Å². The van der Waals surface area contributed by atoms with Gasteiger partial charge in [0.2, 0.25) is 0 Å². The lowest BCUT2D eigenvalue weighted by molar-refractivity contribution is -0.133.